The average Bonchev–Trinajstić information content (AvgIpc) is 2.69. The maximum Gasteiger partial charge on any atom is 0.130 e. The molecule has 1 aromatic heterocycles. The van der Waals surface area contributed by atoms with Crippen molar-refractivity contribution in [2.75, 3.05) is 0 Å². The van der Waals surface area contributed by atoms with Gasteiger partial charge >= 0.3 is 0 Å². The number of aromatic nitrogens is 2. The fraction of sp³-hybridized carbons (Fsp3) is 0.588. The minimum Gasteiger partial charge on any atom is -0.324 e. The molecule has 108 valence electrons. The van der Waals surface area contributed by atoms with Crippen LogP contribution in [0.4, 0.5) is 0 Å². The third kappa shape index (κ3) is 2.24. The third-order valence-corrected chi connectivity index (χ3v) is 4.55. The van der Waals surface area contributed by atoms with Crippen molar-refractivity contribution in [1.29, 1.82) is 0 Å². The summed E-state index contributed by atoms with van der Waals surface area (Å²) in [6, 6.07) is 8.79. The molecule has 1 fully saturated rings. The molecule has 1 saturated carbocycles. The van der Waals surface area contributed by atoms with Crippen LogP contribution in [0.25, 0.3) is 11.0 Å². The Bertz CT molecular complexity index is 589. The molecule has 0 bridgehead atoms. The van der Waals surface area contributed by atoms with Crippen molar-refractivity contribution >= 4 is 11.0 Å². The molecule has 2 N–H and O–H groups in total. The smallest absolute Gasteiger partial charge is 0.130 e. The molecule has 0 spiro atoms. The van der Waals surface area contributed by atoms with Crippen molar-refractivity contribution in [3.8, 4) is 0 Å². The van der Waals surface area contributed by atoms with E-state index in [1.807, 2.05) is 0 Å². The van der Waals surface area contributed by atoms with E-state index in [0.29, 0.717) is 6.04 Å². The van der Waals surface area contributed by atoms with Gasteiger partial charge in [-0.15, -0.1) is 0 Å². The van der Waals surface area contributed by atoms with Crippen LogP contribution in [-0.2, 0) is 5.54 Å². The first kappa shape index (κ1) is 13.6. The summed E-state index contributed by atoms with van der Waals surface area (Å²) in [7, 11) is 0. The number of fused-ring (bicyclic) bond motifs is 1. The number of imidazole rings is 1. The quantitative estimate of drug-likeness (QED) is 0.835. The van der Waals surface area contributed by atoms with E-state index in [-0.39, 0.29) is 5.54 Å². The Hall–Kier alpha value is -1.35. The molecule has 1 aliphatic rings. The molecule has 20 heavy (non-hydrogen) atoms. The van der Waals surface area contributed by atoms with Crippen LogP contribution in [-0.4, -0.2) is 9.55 Å². The lowest BCUT2D eigenvalue weighted by Crippen LogP contribution is -2.39. The summed E-state index contributed by atoms with van der Waals surface area (Å²) in [6.07, 6.45) is 7.17. The second-order valence-corrected chi connectivity index (χ2v) is 6.46. The zero-order chi connectivity index (χ0) is 14.2. The van der Waals surface area contributed by atoms with Crippen LogP contribution in [0.3, 0.4) is 0 Å². The summed E-state index contributed by atoms with van der Waals surface area (Å²) < 4.78 is 2.35. The lowest BCUT2D eigenvalue weighted by molar-refractivity contribution is 0.342. The van der Waals surface area contributed by atoms with E-state index in [1.165, 1.54) is 31.2 Å². The Morgan fingerprint density at radius 3 is 2.40 bits per heavy atom. The normalized spacial score (nSPS) is 19.4. The Labute approximate surface area is 121 Å². The van der Waals surface area contributed by atoms with Crippen LogP contribution in [0.15, 0.2) is 24.3 Å². The molecule has 3 rings (SSSR count). The highest BCUT2D eigenvalue weighted by atomic mass is 15.1. The van der Waals surface area contributed by atoms with Crippen molar-refractivity contribution in [2.24, 2.45) is 5.73 Å². The van der Waals surface area contributed by atoms with Crippen molar-refractivity contribution < 1.29 is 0 Å². The van der Waals surface area contributed by atoms with Crippen LogP contribution < -0.4 is 5.73 Å². The minimum atomic E-state index is -0.250. The fourth-order valence-corrected chi connectivity index (χ4v) is 3.50. The van der Waals surface area contributed by atoms with Crippen molar-refractivity contribution in [3.63, 3.8) is 0 Å². The number of hydrogen-bond donors (Lipinski definition) is 1. The van der Waals surface area contributed by atoms with Gasteiger partial charge in [0.15, 0.2) is 0 Å². The molecular weight excluding hydrogens is 246 g/mol. The highest BCUT2D eigenvalue weighted by molar-refractivity contribution is 5.76. The first-order valence-corrected chi connectivity index (χ1v) is 7.88. The third-order valence-electron chi connectivity index (χ3n) is 4.55. The molecule has 1 aliphatic carbocycles. The van der Waals surface area contributed by atoms with Crippen molar-refractivity contribution in [1.82, 2.24) is 9.55 Å². The highest BCUT2D eigenvalue weighted by Gasteiger charge is 2.34. The van der Waals surface area contributed by atoms with Crippen LogP contribution in [0, 0.1) is 0 Å². The van der Waals surface area contributed by atoms with E-state index >= 15 is 0 Å². The van der Waals surface area contributed by atoms with Crippen LogP contribution in [0.5, 0.6) is 0 Å². The van der Waals surface area contributed by atoms with E-state index < -0.39 is 0 Å². The van der Waals surface area contributed by atoms with E-state index in [4.69, 9.17) is 10.7 Å². The Morgan fingerprint density at radius 1 is 1.10 bits per heavy atom. The molecule has 0 saturated heterocycles. The van der Waals surface area contributed by atoms with E-state index in [2.05, 4.69) is 42.7 Å². The summed E-state index contributed by atoms with van der Waals surface area (Å²) in [5.74, 6) is 1.09. The maximum absolute atomic E-state index is 6.80. The lowest BCUT2D eigenvalue weighted by Gasteiger charge is -2.29. The second-order valence-electron chi connectivity index (χ2n) is 6.46. The Kier molecular flexibility index (Phi) is 3.55. The van der Waals surface area contributed by atoms with Gasteiger partial charge in [-0.1, -0.05) is 37.8 Å². The molecule has 0 aliphatic heterocycles. The number of rotatable bonds is 2. The van der Waals surface area contributed by atoms with E-state index in [9.17, 15) is 0 Å². The van der Waals surface area contributed by atoms with Crippen LogP contribution in [0.2, 0.25) is 0 Å². The maximum atomic E-state index is 6.80. The summed E-state index contributed by atoms with van der Waals surface area (Å²) in [5, 5.41) is 0. The zero-order valence-electron chi connectivity index (χ0n) is 12.6. The Morgan fingerprint density at radius 2 is 1.75 bits per heavy atom. The number of hydrogen-bond acceptors (Lipinski definition) is 2. The molecule has 0 amide bonds. The van der Waals surface area contributed by atoms with Crippen LogP contribution >= 0.6 is 0 Å². The topological polar surface area (TPSA) is 43.8 Å². The van der Waals surface area contributed by atoms with Gasteiger partial charge in [0.25, 0.3) is 0 Å². The summed E-state index contributed by atoms with van der Waals surface area (Å²) in [4.78, 5) is 4.91. The standard InChI is InChI=1S/C17H25N3/c1-13(2)20-15-10-6-5-9-14(15)19-16(20)17(18)11-7-3-4-8-12-17/h5-6,9-10,13H,3-4,7-8,11-12,18H2,1-2H3. The number of nitrogens with zero attached hydrogens (tertiary/aromatic N) is 2. The highest BCUT2D eigenvalue weighted by Crippen LogP contribution is 2.36. The second kappa shape index (κ2) is 5.21. The molecule has 3 nitrogen and oxygen atoms in total. The van der Waals surface area contributed by atoms with Gasteiger partial charge in [-0.05, 0) is 38.8 Å². The molecule has 0 unspecified atom stereocenters. The van der Waals surface area contributed by atoms with Gasteiger partial charge in [-0.2, -0.15) is 0 Å². The van der Waals surface area contributed by atoms with Gasteiger partial charge in [0.1, 0.15) is 5.82 Å². The predicted octanol–water partition coefficient (Wildman–Crippen LogP) is 4.13. The Balaban J connectivity index is 2.16. The summed E-state index contributed by atoms with van der Waals surface area (Å²) in [5.41, 5.74) is 8.84. The molecule has 0 atom stereocenters. The average molecular weight is 271 g/mol. The van der Waals surface area contributed by atoms with Gasteiger partial charge in [-0.3, -0.25) is 0 Å². The first-order valence-electron chi connectivity index (χ1n) is 7.88. The van der Waals surface area contributed by atoms with E-state index in [1.54, 1.807) is 0 Å². The zero-order valence-corrected chi connectivity index (χ0v) is 12.6. The number of para-hydroxylation sites is 2. The summed E-state index contributed by atoms with van der Waals surface area (Å²) >= 11 is 0. The first-order chi connectivity index (χ1) is 9.62. The van der Waals surface area contributed by atoms with Gasteiger partial charge < -0.3 is 10.3 Å². The molecular formula is C17H25N3. The SMILES string of the molecule is CC(C)n1c(C2(N)CCCCCC2)nc2ccccc21. The fourth-order valence-electron chi connectivity index (χ4n) is 3.50. The van der Waals surface area contributed by atoms with Crippen molar-refractivity contribution in [3.05, 3.63) is 30.1 Å². The lowest BCUT2D eigenvalue weighted by atomic mass is 9.90. The molecule has 3 heteroatoms. The predicted molar refractivity (Wildman–Crippen MR) is 83.7 cm³/mol. The number of benzene rings is 1. The largest absolute Gasteiger partial charge is 0.324 e. The van der Waals surface area contributed by atoms with Gasteiger partial charge in [0, 0.05) is 6.04 Å². The monoisotopic (exact) mass is 271 g/mol. The molecule has 1 aromatic carbocycles. The van der Waals surface area contributed by atoms with E-state index in [0.717, 1.165) is 24.2 Å². The molecule has 2 aromatic rings. The van der Waals surface area contributed by atoms with Gasteiger partial charge in [0.05, 0.1) is 16.6 Å². The van der Waals surface area contributed by atoms with Gasteiger partial charge in [-0.25, -0.2) is 4.98 Å². The molecule has 0 radical (unpaired) electrons. The van der Waals surface area contributed by atoms with Crippen molar-refractivity contribution in [2.45, 2.75) is 64.0 Å². The molecule has 1 heterocycles. The van der Waals surface area contributed by atoms with Gasteiger partial charge in [0.2, 0.25) is 0 Å². The number of nitrogens with two attached hydrogens (primary N) is 1. The minimum absolute atomic E-state index is 0.250. The summed E-state index contributed by atoms with van der Waals surface area (Å²) in [6.45, 7) is 4.44. The van der Waals surface area contributed by atoms with Crippen LogP contribution in [0.1, 0.15) is 64.2 Å².